The van der Waals surface area contributed by atoms with E-state index in [2.05, 4.69) is 18.2 Å². The van der Waals surface area contributed by atoms with Crippen molar-refractivity contribution in [1.82, 2.24) is 0 Å². The Morgan fingerprint density at radius 2 is 2.15 bits per heavy atom. The van der Waals surface area contributed by atoms with Gasteiger partial charge in [-0.3, -0.25) is 9.79 Å². The highest BCUT2D eigenvalue weighted by Crippen LogP contribution is 2.01. The molecule has 72 valence electrons. The second-order valence-corrected chi connectivity index (χ2v) is 2.65. The third-order valence-electron chi connectivity index (χ3n) is 1.12. The summed E-state index contributed by atoms with van der Waals surface area (Å²) in [4.78, 5) is 14.8. The average Bonchev–Trinajstić information content (AvgIpc) is 2.01. The van der Waals surface area contributed by atoms with Gasteiger partial charge in [-0.15, -0.1) is 0 Å². The van der Waals surface area contributed by atoms with Crippen molar-refractivity contribution in [3.8, 4) is 0 Å². The molecule has 0 aromatic rings. The van der Waals surface area contributed by atoms with Crippen LogP contribution in [0.3, 0.4) is 0 Å². The van der Waals surface area contributed by atoms with Gasteiger partial charge in [0, 0.05) is 11.9 Å². The van der Waals surface area contributed by atoms with Crippen molar-refractivity contribution in [2.75, 3.05) is 6.61 Å². The van der Waals surface area contributed by atoms with Crippen LogP contribution in [0.5, 0.6) is 0 Å². The van der Waals surface area contributed by atoms with E-state index >= 15 is 0 Å². The topological polar surface area (TPSA) is 38.7 Å². The molecule has 0 fully saturated rings. The third kappa shape index (κ3) is 7.00. The van der Waals surface area contributed by atoms with Crippen molar-refractivity contribution in [2.45, 2.75) is 20.3 Å². The van der Waals surface area contributed by atoms with Gasteiger partial charge in [0.05, 0.1) is 13.0 Å². The zero-order valence-corrected chi connectivity index (χ0v) is 8.17. The van der Waals surface area contributed by atoms with Gasteiger partial charge in [-0.1, -0.05) is 13.2 Å². The predicted molar refractivity (Wildman–Crippen MR) is 53.7 cm³/mol. The number of nitrogens with zero attached hydrogens (tertiary/aromatic N) is 1. The number of hydrogen-bond donors (Lipinski definition) is 0. The highest BCUT2D eigenvalue weighted by atomic mass is 16.5. The van der Waals surface area contributed by atoms with E-state index in [4.69, 9.17) is 4.74 Å². The summed E-state index contributed by atoms with van der Waals surface area (Å²) < 4.78 is 4.72. The lowest BCUT2D eigenvalue weighted by molar-refractivity contribution is -0.142. The van der Waals surface area contributed by atoms with E-state index < -0.39 is 0 Å². The fourth-order valence-corrected chi connectivity index (χ4v) is 0.626. The average molecular weight is 181 g/mol. The Balaban J connectivity index is 3.87. The fourth-order valence-electron chi connectivity index (χ4n) is 0.626. The Morgan fingerprint density at radius 3 is 2.62 bits per heavy atom. The van der Waals surface area contributed by atoms with Crippen LogP contribution in [0.15, 0.2) is 29.4 Å². The molecule has 0 aliphatic rings. The number of carbonyl (C=O) groups is 1. The van der Waals surface area contributed by atoms with Crippen LogP contribution < -0.4 is 0 Å². The second kappa shape index (κ2) is 6.17. The molecule has 13 heavy (non-hydrogen) atoms. The van der Waals surface area contributed by atoms with E-state index in [-0.39, 0.29) is 12.4 Å². The van der Waals surface area contributed by atoms with E-state index in [1.54, 1.807) is 13.1 Å². The highest BCUT2D eigenvalue weighted by molar-refractivity contribution is 5.79. The van der Waals surface area contributed by atoms with Crippen LogP contribution in [-0.4, -0.2) is 18.8 Å². The lowest BCUT2D eigenvalue weighted by Gasteiger charge is -2.00. The molecule has 0 bridgehead atoms. The van der Waals surface area contributed by atoms with E-state index in [9.17, 15) is 4.79 Å². The maximum absolute atomic E-state index is 10.9. The van der Waals surface area contributed by atoms with Gasteiger partial charge in [0.1, 0.15) is 0 Å². The maximum Gasteiger partial charge on any atom is 0.311 e. The van der Waals surface area contributed by atoms with Gasteiger partial charge in [0.25, 0.3) is 0 Å². The summed E-state index contributed by atoms with van der Waals surface area (Å²) in [7, 11) is 0. The molecule has 0 N–H and O–H groups in total. The first-order valence-corrected chi connectivity index (χ1v) is 4.09. The zero-order chi connectivity index (χ0) is 10.3. The van der Waals surface area contributed by atoms with Crippen LogP contribution in [0.1, 0.15) is 20.3 Å². The molecule has 0 saturated carbocycles. The van der Waals surface area contributed by atoms with Gasteiger partial charge < -0.3 is 4.74 Å². The van der Waals surface area contributed by atoms with Crippen molar-refractivity contribution in [1.29, 1.82) is 0 Å². The lowest BCUT2D eigenvalue weighted by atomic mass is 10.3. The summed E-state index contributed by atoms with van der Waals surface area (Å²) in [6.45, 7) is 11.2. The molecule has 0 saturated heterocycles. The first kappa shape index (κ1) is 11.6. The number of esters is 1. The summed E-state index contributed by atoms with van der Waals surface area (Å²) in [6, 6.07) is 0. The summed E-state index contributed by atoms with van der Waals surface area (Å²) in [5, 5.41) is 0. The van der Waals surface area contributed by atoms with Crippen LogP contribution in [0.4, 0.5) is 0 Å². The van der Waals surface area contributed by atoms with Gasteiger partial charge in [-0.2, -0.15) is 0 Å². The number of carbonyl (C=O) groups excluding carboxylic acids is 1. The van der Waals surface area contributed by atoms with E-state index in [1.807, 2.05) is 6.92 Å². The minimum Gasteiger partial charge on any atom is -0.466 e. The minimum atomic E-state index is -0.300. The number of hydrogen-bond acceptors (Lipinski definition) is 3. The molecule has 0 aliphatic heterocycles. The van der Waals surface area contributed by atoms with E-state index in [1.165, 1.54) is 0 Å². The van der Waals surface area contributed by atoms with Crippen LogP contribution >= 0.6 is 0 Å². The van der Waals surface area contributed by atoms with Gasteiger partial charge in [0.2, 0.25) is 0 Å². The van der Waals surface area contributed by atoms with E-state index in [0.29, 0.717) is 12.3 Å². The number of rotatable bonds is 5. The smallest absolute Gasteiger partial charge is 0.311 e. The molecule has 0 aliphatic carbocycles. The molecule has 3 heteroatoms. The van der Waals surface area contributed by atoms with Gasteiger partial charge >= 0.3 is 5.97 Å². The first-order valence-electron chi connectivity index (χ1n) is 4.09. The summed E-state index contributed by atoms with van der Waals surface area (Å²) in [5.74, 6) is -0.300. The SMILES string of the molecule is C=C(C)C=NC(=C)CC(=O)OCC. The number of ether oxygens (including phenoxy) is 1. The largest absolute Gasteiger partial charge is 0.466 e. The molecule has 0 atom stereocenters. The van der Waals surface area contributed by atoms with Crippen LogP contribution in [0.2, 0.25) is 0 Å². The molecule has 0 rings (SSSR count). The Hall–Kier alpha value is -1.38. The molecule has 0 unspecified atom stereocenters. The molecule has 0 spiro atoms. The van der Waals surface area contributed by atoms with Crippen molar-refractivity contribution in [2.24, 2.45) is 4.99 Å². The fraction of sp³-hybridized carbons (Fsp3) is 0.400. The molecule has 0 aromatic carbocycles. The quantitative estimate of drug-likeness (QED) is 0.481. The Kier molecular flexibility index (Phi) is 5.52. The Labute approximate surface area is 78.8 Å². The maximum atomic E-state index is 10.9. The molecule has 3 nitrogen and oxygen atoms in total. The number of aliphatic imine (C=N–C) groups is 1. The van der Waals surface area contributed by atoms with Crippen molar-refractivity contribution in [3.63, 3.8) is 0 Å². The summed E-state index contributed by atoms with van der Waals surface area (Å²) in [6.07, 6.45) is 1.71. The zero-order valence-electron chi connectivity index (χ0n) is 8.17. The third-order valence-corrected chi connectivity index (χ3v) is 1.12. The monoisotopic (exact) mass is 181 g/mol. The number of allylic oxidation sites excluding steroid dienone is 1. The predicted octanol–water partition coefficient (Wildman–Crippen LogP) is 2.10. The van der Waals surface area contributed by atoms with Gasteiger partial charge in [-0.05, 0) is 19.4 Å². The molecular weight excluding hydrogens is 166 g/mol. The summed E-state index contributed by atoms with van der Waals surface area (Å²) >= 11 is 0. The van der Waals surface area contributed by atoms with E-state index in [0.717, 1.165) is 5.57 Å². The Bertz CT molecular complexity index is 241. The standard InChI is InChI=1S/C10H15NO2/c1-5-13-10(12)6-9(4)11-7-8(2)3/h7H,2,4-6H2,1,3H3. The molecule has 0 aromatic heterocycles. The Morgan fingerprint density at radius 1 is 1.54 bits per heavy atom. The van der Waals surface area contributed by atoms with Gasteiger partial charge in [-0.25, -0.2) is 0 Å². The van der Waals surface area contributed by atoms with Crippen molar-refractivity contribution < 1.29 is 9.53 Å². The van der Waals surface area contributed by atoms with Crippen LogP contribution in [-0.2, 0) is 9.53 Å². The molecule has 0 amide bonds. The van der Waals surface area contributed by atoms with Crippen LogP contribution in [0, 0.1) is 0 Å². The normalized spacial score (nSPS) is 10.0. The summed E-state index contributed by atoms with van der Waals surface area (Å²) in [5.41, 5.74) is 1.31. The van der Waals surface area contributed by atoms with Crippen molar-refractivity contribution in [3.05, 3.63) is 24.4 Å². The minimum absolute atomic E-state index is 0.137. The highest BCUT2D eigenvalue weighted by Gasteiger charge is 2.02. The van der Waals surface area contributed by atoms with Gasteiger partial charge in [0.15, 0.2) is 0 Å². The molecule has 0 radical (unpaired) electrons. The first-order chi connectivity index (χ1) is 6.06. The van der Waals surface area contributed by atoms with Crippen molar-refractivity contribution >= 4 is 12.2 Å². The molecule has 0 heterocycles. The molecular formula is C10H15NO2. The lowest BCUT2D eigenvalue weighted by Crippen LogP contribution is -2.03. The van der Waals surface area contributed by atoms with Crippen LogP contribution in [0.25, 0.3) is 0 Å². The second-order valence-electron chi connectivity index (χ2n) is 2.65.